The third-order valence-corrected chi connectivity index (χ3v) is 1.27. The van der Waals surface area contributed by atoms with Crippen LogP contribution in [-0.4, -0.2) is 24.6 Å². The predicted molar refractivity (Wildman–Crippen MR) is 40.8 cm³/mol. The van der Waals surface area contributed by atoms with E-state index in [4.69, 9.17) is 4.74 Å². The number of amides is 2. The number of hydrogen-bond acceptors (Lipinski definition) is 3. The van der Waals surface area contributed by atoms with Crippen molar-refractivity contribution in [3.8, 4) is 0 Å². The molecule has 1 atom stereocenters. The van der Waals surface area contributed by atoms with Crippen molar-refractivity contribution < 1.29 is 14.3 Å². The third kappa shape index (κ3) is 1.98. The van der Waals surface area contributed by atoms with Gasteiger partial charge < -0.3 is 15.4 Å². The van der Waals surface area contributed by atoms with Crippen molar-refractivity contribution in [3.05, 3.63) is 12.3 Å². The van der Waals surface area contributed by atoms with Gasteiger partial charge in [-0.05, 0) is 6.92 Å². The van der Waals surface area contributed by atoms with Crippen LogP contribution in [0.2, 0.25) is 0 Å². The van der Waals surface area contributed by atoms with E-state index in [1.54, 1.807) is 6.92 Å². The molecular weight excluding hydrogens is 160 g/mol. The van der Waals surface area contributed by atoms with E-state index < -0.39 is 6.23 Å². The molecule has 0 aromatic carbocycles. The lowest BCUT2D eigenvalue weighted by molar-refractivity contribution is -0.143. The lowest BCUT2D eigenvalue weighted by Gasteiger charge is -2.23. The van der Waals surface area contributed by atoms with Crippen LogP contribution in [0.4, 0.5) is 0 Å². The van der Waals surface area contributed by atoms with E-state index in [2.05, 4.69) is 17.2 Å². The minimum Gasteiger partial charge on any atom is -0.466 e. The summed E-state index contributed by atoms with van der Waals surface area (Å²) in [6.07, 6.45) is -0.927. The molecule has 0 radical (unpaired) electrons. The lowest BCUT2D eigenvalue weighted by Crippen LogP contribution is -2.56. The number of carbonyl (C=O) groups is 2. The lowest BCUT2D eigenvalue weighted by atomic mass is 10.4. The van der Waals surface area contributed by atoms with E-state index in [0.717, 1.165) is 0 Å². The van der Waals surface area contributed by atoms with Gasteiger partial charge >= 0.3 is 0 Å². The number of rotatable bonds is 2. The van der Waals surface area contributed by atoms with Crippen molar-refractivity contribution in [2.75, 3.05) is 6.54 Å². The second kappa shape index (κ2) is 3.25. The van der Waals surface area contributed by atoms with E-state index in [9.17, 15) is 9.59 Å². The molecule has 1 fully saturated rings. The average Bonchev–Trinajstić information content (AvgIpc) is 1.96. The first-order valence-corrected chi connectivity index (χ1v) is 3.49. The van der Waals surface area contributed by atoms with Crippen LogP contribution < -0.4 is 10.6 Å². The van der Waals surface area contributed by atoms with Crippen molar-refractivity contribution in [1.29, 1.82) is 0 Å². The fourth-order valence-corrected chi connectivity index (χ4v) is 0.807. The first-order valence-electron chi connectivity index (χ1n) is 3.49. The zero-order valence-electron chi connectivity index (χ0n) is 6.72. The van der Waals surface area contributed by atoms with Crippen molar-refractivity contribution in [1.82, 2.24) is 10.6 Å². The highest BCUT2D eigenvalue weighted by Crippen LogP contribution is 1.99. The SMILES string of the molecule is C=C(C)OC1NC(=O)CNC1=O. The molecule has 5 heteroatoms. The number of piperazine rings is 1. The number of carbonyl (C=O) groups excluding carboxylic acids is 2. The normalized spacial score (nSPS) is 22.6. The molecule has 1 aliphatic heterocycles. The Bertz CT molecular complexity index is 235. The van der Waals surface area contributed by atoms with Crippen LogP contribution in [0.25, 0.3) is 0 Å². The van der Waals surface area contributed by atoms with Gasteiger partial charge in [-0.1, -0.05) is 6.58 Å². The minimum atomic E-state index is -0.927. The van der Waals surface area contributed by atoms with Crippen LogP contribution in [0.1, 0.15) is 6.92 Å². The molecule has 2 amide bonds. The summed E-state index contributed by atoms with van der Waals surface area (Å²) in [4.78, 5) is 21.7. The van der Waals surface area contributed by atoms with Crippen molar-refractivity contribution >= 4 is 11.8 Å². The molecule has 5 nitrogen and oxygen atoms in total. The zero-order valence-corrected chi connectivity index (χ0v) is 6.72. The highest BCUT2D eigenvalue weighted by Gasteiger charge is 2.26. The van der Waals surface area contributed by atoms with Crippen molar-refractivity contribution in [2.45, 2.75) is 13.2 Å². The van der Waals surface area contributed by atoms with Gasteiger partial charge in [0.05, 0.1) is 12.3 Å². The molecule has 0 aliphatic carbocycles. The maximum Gasteiger partial charge on any atom is 0.283 e. The summed E-state index contributed by atoms with van der Waals surface area (Å²) in [5, 5.41) is 4.73. The number of allylic oxidation sites excluding steroid dienone is 1. The van der Waals surface area contributed by atoms with Gasteiger partial charge in [-0.15, -0.1) is 0 Å². The summed E-state index contributed by atoms with van der Waals surface area (Å²) in [7, 11) is 0. The predicted octanol–water partition coefficient (Wildman–Crippen LogP) is -0.891. The largest absolute Gasteiger partial charge is 0.466 e. The Kier molecular flexibility index (Phi) is 2.32. The second-order valence-corrected chi connectivity index (χ2v) is 2.49. The van der Waals surface area contributed by atoms with Gasteiger partial charge in [0.2, 0.25) is 5.91 Å². The molecule has 0 saturated carbocycles. The Hall–Kier alpha value is -1.52. The summed E-state index contributed by atoms with van der Waals surface area (Å²) in [5.41, 5.74) is 0. The van der Waals surface area contributed by atoms with Gasteiger partial charge in [-0.25, -0.2) is 0 Å². The highest BCUT2D eigenvalue weighted by molar-refractivity contribution is 5.93. The Balaban J connectivity index is 2.55. The highest BCUT2D eigenvalue weighted by atomic mass is 16.5. The van der Waals surface area contributed by atoms with Crippen molar-refractivity contribution in [3.63, 3.8) is 0 Å². The number of nitrogens with one attached hydrogen (secondary N) is 2. The Morgan fingerprint density at radius 2 is 2.33 bits per heavy atom. The van der Waals surface area contributed by atoms with Crippen LogP contribution in [0.5, 0.6) is 0 Å². The first-order chi connectivity index (χ1) is 5.59. The number of hydrogen-bond donors (Lipinski definition) is 2. The first kappa shape index (κ1) is 8.58. The van der Waals surface area contributed by atoms with Gasteiger partial charge in [-0.2, -0.15) is 0 Å². The van der Waals surface area contributed by atoms with Crippen LogP contribution in [0, 0.1) is 0 Å². The molecule has 1 rings (SSSR count). The van der Waals surface area contributed by atoms with Gasteiger partial charge in [0.15, 0.2) is 0 Å². The van der Waals surface area contributed by atoms with Gasteiger partial charge in [0.1, 0.15) is 0 Å². The van der Waals surface area contributed by atoms with E-state index in [-0.39, 0.29) is 18.4 Å². The summed E-state index contributed by atoms with van der Waals surface area (Å²) < 4.78 is 4.94. The van der Waals surface area contributed by atoms with Gasteiger partial charge in [0.25, 0.3) is 12.1 Å². The molecule has 1 saturated heterocycles. The maximum atomic E-state index is 11.0. The van der Waals surface area contributed by atoms with E-state index >= 15 is 0 Å². The molecule has 1 aliphatic rings. The van der Waals surface area contributed by atoms with Crippen molar-refractivity contribution in [2.24, 2.45) is 0 Å². The molecule has 1 unspecified atom stereocenters. The molecule has 12 heavy (non-hydrogen) atoms. The quantitative estimate of drug-likeness (QED) is 0.528. The molecule has 0 aromatic rings. The standard InChI is InChI=1S/C7H10N2O3/c1-4(2)12-7-6(11)8-3-5(10)9-7/h7H,1,3H2,2H3,(H,8,11)(H,9,10). The van der Waals surface area contributed by atoms with Crippen LogP contribution in [0.15, 0.2) is 12.3 Å². The smallest absolute Gasteiger partial charge is 0.283 e. The minimum absolute atomic E-state index is 0.00881. The van der Waals surface area contributed by atoms with Crippen LogP contribution >= 0.6 is 0 Å². The Morgan fingerprint density at radius 1 is 1.67 bits per heavy atom. The zero-order chi connectivity index (χ0) is 9.14. The fraction of sp³-hybridized carbons (Fsp3) is 0.429. The summed E-state index contributed by atoms with van der Waals surface area (Å²) >= 11 is 0. The Morgan fingerprint density at radius 3 is 2.92 bits per heavy atom. The van der Waals surface area contributed by atoms with E-state index in [1.807, 2.05) is 0 Å². The third-order valence-electron chi connectivity index (χ3n) is 1.27. The summed E-state index contributed by atoms with van der Waals surface area (Å²) in [6, 6.07) is 0. The summed E-state index contributed by atoms with van der Waals surface area (Å²) in [5.74, 6) is -0.226. The molecule has 0 bridgehead atoms. The molecule has 66 valence electrons. The van der Waals surface area contributed by atoms with Crippen LogP contribution in [-0.2, 0) is 14.3 Å². The van der Waals surface area contributed by atoms with Gasteiger partial charge in [0, 0.05) is 0 Å². The second-order valence-electron chi connectivity index (χ2n) is 2.49. The van der Waals surface area contributed by atoms with E-state index in [0.29, 0.717) is 5.76 Å². The maximum absolute atomic E-state index is 11.0. The topological polar surface area (TPSA) is 67.4 Å². The molecule has 0 spiro atoms. The molecule has 0 aromatic heterocycles. The molecule has 2 N–H and O–H groups in total. The molecular formula is C7H10N2O3. The monoisotopic (exact) mass is 170 g/mol. The summed E-state index contributed by atoms with van der Waals surface area (Å²) in [6.45, 7) is 5.07. The van der Waals surface area contributed by atoms with Crippen LogP contribution in [0.3, 0.4) is 0 Å². The average molecular weight is 170 g/mol. The number of ether oxygens (including phenoxy) is 1. The molecule has 1 heterocycles. The Labute approximate surface area is 69.8 Å². The van der Waals surface area contributed by atoms with E-state index in [1.165, 1.54) is 0 Å². The van der Waals surface area contributed by atoms with Gasteiger partial charge in [-0.3, -0.25) is 9.59 Å². The fourth-order valence-electron chi connectivity index (χ4n) is 0.807.